The van der Waals surface area contributed by atoms with Crippen molar-refractivity contribution in [3.8, 4) is 0 Å². The minimum absolute atomic E-state index is 0.135. The number of carbonyl (C=O) groups is 1. The Hall–Kier alpha value is -2.99. The van der Waals surface area contributed by atoms with E-state index in [-0.39, 0.29) is 11.1 Å². The van der Waals surface area contributed by atoms with Gasteiger partial charge in [-0.15, -0.1) is 0 Å². The van der Waals surface area contributed by atoms with E-state index in [4.69, 9.17) is 5.21 Å². The summed E-state index contributed by atoms with van der Waals surface area (Å²) in [6, 6.07) is 14.6. The monoisotopic (exact) mass is 323 g/mol. The lowest BCUT2D eigenvalue weighted by Crippen LogP contribution is -2.22. The van der Waals surface area contributed by atoms with E-state index in [2.05, 4.69) is 17.1 Å². The molecule has 6 heteroatoms. The van der Waals surface area contributed by atoms with Crippen molar-refractivity contribution in [2.75, 3.05) is 0 Å². The van der Waals surface area contributed by atoms with E-state index in [1.54, 1.807) is 16.1 Å². The van der Waals surface area contributed by atoms with Crippen molar-refractivity contribution in [2.24, 2.45) is 0 Å². The van der Waals surface area contributed by atoms with Gasteiger partial charge in [-0.1, -0.05) is 30.3 Å². The Morgan fingerprint density at radius 1 is 1.17 bits per heavy atom. The number of aromatic nitrogens is 2. The summed E-state index contributed by atoms with van der Waals surface area (Å²) in [6.07, 6.45) is 3.22. The summed E-state index contributed by atoms with van der Waals surface area (Å²) in [6.45, 7) is 0.579. The number of aryl methyl sites for hydroxylation is 2. The fraction of sp³-hybridized carbons (Fsp3) is 0.167. The molecule has 0 radical (unpaired) electrons. The van der Waals surface area contributed by atoms with Gasteiger partial charge in [0.15, 0.2) is 0 Å². The van der Waals surface area contributed by atoms with Crippen LogP contribution in [0.3, 0.4) is 0 Å². The molecule has 0 aliphatic rings. The molecule has 0 unspecified atom stereocenters. The normalized spacial score (nSPS) is 10.7. The third-order valence-corrected chi connectivity index (χ3v) is 3.90. The summed E-state index contributed by atoms with van der Waals surface area (Å²) in [7, 11) is 0. The first-order chi connectivity index (χ1) is 11.7. The number of nitrogens with zero attached hydrogens (tertiary/aromatic N) is 2. The first-order valence-corrected chi connectivity index (χ1v) is 7.66. The minimum atomic E-state index is -0.634. The predicted octanol–water partition coefficient (Wildman–Crippen LogP) is 2.15. The SMILES string of the molecule is O=C(NO)c1ccc2c(=O)n(CCCc3ccccc3)cnc2c1. The number of benzene rings is 2. The van der Waals surface area contributed by atoms with Crippen molar-refractivity contribution in [3.63, 3.8) is 0 Å². The van der Waals surface area contributed by atoms with Gasteiger partial charge in [0.25, 0.3) is 11.5 Å². The zero-order valence-electron chi connectivity index (χ0n) is 13.0. The Bertz CT molecular complexity index is 920. The van der Waals surface area contributed by atoms with Gasteiger partial charge in [0.1, 0.15) is 0 Å². The van der Waals surface area contributed by atoms with E-state index in [0.29, 0.717) is 17.4 Å². The molecule has 1 aromatic heterocycles. The van der Waals surface area contributed by atoms with E-state index in [0.717, 1.165) is 12.8 Å². The standard InChI is InChI=1S/C18H17N3O3/c22-17(20-24)14-8-9-15-16(11-14)19-12-21(18(15)23)10-4-7-13-5-2-1-3-6-13/h1-3,5-6,8-9,11-12,24H,4,7,10H2,(H,20,22). The number of amides is 1. The summed E-state index contributed by atoms with van der Waals surface area (Å²) in [4.78, 5) is 28.2. The highest BCUT2D eigenvalue weighted by Gasteiger charge is 2.09. The number of fused-ring (bicyclic) bond motifs is 1. The second-order valence-corrected chi connectivity index (χ2v) is 5.51. The van der Waals surface area contributed by atoms with Crippen LogP contribution in [0.2, 0.25) is 0 Å². The number of carbonyl (C=O) groups excluding carboxylic acids is 1. The maximum Gasteiger partial charge on any atom is 0.274 e. The van der Waals surface area contributed by atoms with Crippen LogP contribution in [-0.4, -0.2) is 20.7 Å². The van der Waals surface area contributed by atoms with E-state index < -0.39 is 5.91 Å². The molecule has 0 saturated heterocycles. The van der Waals surface area contributed by atoms with Gasteiger partial charge in [-0.3, -0.25) is 19.4 Å². The molecule has 0 fully saturated rings. The smallest absolute Gasteiger partial charge is 0.274 e. The van der Waals surface area contributed by atoms with Crippen LogP contribution in [0.15, 0.2) is 59.7 Å². The molecule has 0 bridgehead atoms. The number of hydrogen-bond acceptors (Lipinski definition) is 4. The highest BCUT2D eigenvalue weighted by Crippen LogP contribution is 2.10. The molecule has 0 aliphatic heterocycles. The number of hydroxylamine groups is 1. The molecule has 122 valence electrons. The third kappa shape index (κ3) is 3.33. The topological polar surface area (TPSA) is 84.2 Å². The Morgan fingerprint density at radius 3 is 2.71 bits per heavy atom. The summed E-state index contributed by atoms with van der Waals surface area (Å²) in [5.41, 5.74) is 3.35. The minimum Gasteiger partial charge on any atom is -0.299 e. The summed E-state index contributed by atoms with van der Waals surface area (Å²) in [5.74, 6) is -0.634. The van der Waals surface area contributed by atoms with Crippen molar-refractivity contribution in [1.82, 2.24) is 15.0 Å². The average Bonchev–Trinajstić information content (AvgIpc) is 2.63. The van der Waals surface area contributed by atoms with Gasteiger partial charge < -0.3 is 0 Å². The quantitative estimate of drug-likeness (QED) is 0.556. The van der Waals surface area contributed by atoms with Gasteiger partial charge in [0, 0.05) is 12.1 Å². The van der Waals surface area contributed by atoms with E-state index >= 15 is 0 Å². The van der Waals surface area contributed by atoms with Crippen LogP contribution in [0.4, 0.5) is 0 Å². The van der Waals surface area contributed by atoms with Crippen LogP contribution in [0, 0.1) is 0 Å². The molecule has 1 heterocycles. The molecule has 6 nitrogen and oxygen atoms in total. The van der Waals surface area contributed by atoms with E-state index in [1.165, 1.54) is 24.0 Å². The Balaban J connectivity index is 1.78. The van der Waals surface area contributed by atoms with Crippen molar-refractivity contribution in [1.29, 1.82) is 0 Å². The van der Waals surface area contributed by atoms with Crippen molar-refractivity contribution >= 4 is 16.8 Å². The van der Waals surface area contributed by atoms with Gasteiger partial charge in [-0.05, 0) is 36.6 Å². The van der Waals surface area contributed by atoms with Crippen molar-refractivity contribution < 1.29 is 10.0 Å². The van der Waals surface area contributed by atoms with Gasteiger partial charge in [0.2, 0.25) is 0 Å². The second-order valence-electron chi connectivity index (χ2n) is 5.51. The molecular formula is C18H17N3O3. The maximum atomic E-state index is 12.5. The number of nitrogens with one attached hydrogen (secondary N) is 1. The van der Waals surface area contributed by atoms with E-state index in [1.807, 2.05) is 18.2 Å². The van der Waals surface area contributed by atoms with Crippen molar-refractivity contribution in [3.05, 3.63) is 76.3 Å². The summed E-state index contributed by atoms with van der Waals surface area (Å²) < 4.78 is 1.58. The second kappa shape index (κ2) is 7.06. The highest BCUT2D eigenvalue weighted by molar-refractivity contribution is 5.96. The lowest BCUT2D eigenvalue weighted by Gasteiger charge is -2.07. The summed E-state index contributed by atoms with van der Waals surface area (Å²) >= 11 is 0. The van der Waals surface area contributed by atoms with Crippen LogP contribution < -0.4 is 11.0 Å². The molecular weight excluding hydrogens is 306 g/mol. The third-order valence-electron chi connectivity index (χ3n) is 3.90. The number of hydrogen-bond donors (Lipinski definition) is 2. The number of rotatable bonds is 5. The Labute approximate surface area is 138 Å². The molecule has 2 N–H and O–H groups in total. The largest absolute Gasteiger partial charge is 0.299 e. The first kappa shape index (κ1) is 15.9. The fourth-order valence-corrected chi connectivity index (χ4v) is 2.62. The van der Waals surface area contributed by atoms with Crippen LogP contribution in [0.25, 0.3) is 10.9 Å². The lowest BCUT2D eigenvalue weighted by molar-refractivity contribution is 0.0706. The fourth-order valence-electron chi connectivity index (χ4n) is 2.62. The molecule has 1 amide bonds. The first-order valence-electron chi connectivity index (χ1n) is 7.66. The molecule has 0 atom stereocenters. The highest BCUT2D eigenvalue weighted by atomic mass is 16.5. The summed E-state index contributed by atoms with van der Waals surface area (Å²) in [5, 5.41) is 9.11. The van der Waals surface area contributed by atoms with Crippen LogP contribution in [0.5, 0.6) is 0 Å². The van der Waals surface area contributed by atoms with Gasteiger partial charge in [-0.25, -0.2) is 10.5 Å². The van der Waals surface area contributed by atoms with Crippen LogP contribution >= 0.6 is 0 Å². The van der Waals surface area contributed by atoms with E-state index in [9.17, 15) is 9.59 Å². The van der Waals surface area contributed by atoms with Crippen LogP contribution in [0.1, 0.15) is 22.3 Å². The zero-order chi connectivity index (χ0) is 16.9. The predicted molar refractivity (Wildman–Crippen MR) is 90.0 cm³/mol. The van der Waals surface area contributed by atoms with Gasteiger partial charge in [-0.2, -0.15) is 0 Å². The zero-order valence-corrected chi connectivity index (χ0v) is 13.0. The molecule has 24 heavy (non-hydrogen) atoms. The van der Waals surface area contributed by atoms with Crippen molar-refractivity contribution in [2.45, 2.75) is 19.4 Å². The Kier molecular flexibility index (Phi) is 4.67. The molecule has 0 saturated carbocycles. The molecule has 2 aromatic carbocycles. The molecule has 3 aromatic rings. The van der Waals surface area contributed by atoms with Gasteiger partial charge in [0.05, 0.1) is 17.2 Å². The average molecular weight is 323 g/mol. The van der Waals surface area contributed by atoms with Crippen LogP contribution in [-0.2, 0) is 13.0 Å². The molecule has 3 rings (SSSR count). The van der Waals surface area contributed by atoms with Gasteiger partial charge >= 0.3 is 0 Å². The maximum absolute atomic E-state index is 12.5. The Morgan fingerprint density at radius 2 is 1.96 bits per heavy atom. The molecule has 0 spiro atoms. The molecule has 0 aliphatic carbocycles. The lowest BCUT2D eigenvalue weighted by atomic mass is 10.1.